The van der Waals surface area contributed by atoms with Crippen molar-refractivity contribution in [3.05, 3.63) is 78.0 Å². The number of ether oxygens (including phenoxy) is 1. The molecule has 2 amide bonds. The molecule has 0 spiro atoms. The summed E-state index contributed by atoms with van der Waals surface area (Å²) < 4.78 is 7.18. The Bertz CT molecular complexity index is 883. The number of fused-ring (bicyclic) bond motifs is 1. The Balaban J connectivity index is 1.48. The lowest BCUT2D eigenvalue weighted by Gasteiger charge is -2.13. The van der Waals surface area contributed by atoms with E-state index < -0.39 is 0 Å². The molecule has 0 aliphatic carbocycles. The van der Waals surface area contributed by atoms with E-state index in [-0.39, 0.29) is 18.5 Å². The van der Waals surface area contributed by atoms with E-state index in [1.807, 2.05) is 30.3 Å². The zero-order valence-electron chi connectivity index (χ0n) is 12.6. The minimum absolute atomic E-state index is 0.169. The molecule has 3 aromatic rings. The quantitative estimate of drug-likeness (QED) is 0.693. The van der Waals surface area contributed by atoms with Gasteiger partial charge in [-0.25, -0.2) is 9.58 Å². The summed E-state index contributed by atoms with van der Waals surface area (Å²) in [5.74, 6) is -0.355. The molecule has 0 saturated heterocycles. The van der Waals surface area contributed by atoms with Crippen molar-refractivity contribution in [2.24, 2.45) is 0 Å². The number of imide groups is 1. The molecular formula is C18H13N3O3. The second-order valence-electron chi connectivity index (χ2n) is 5.29. The van der Waals surface area contributed by atoms with Gasteiger partial charge in [0.15, 0.2) is 6.73 Å². The molecule has 118 valence electrons. The lowest BCUT2D eigenvalue weighted by molar-refractivity contribution is 0.0516. The molecule has 0 N–H and O–H groups in total. The Morgan fingerprint density at radius 2 is 1.46 bits per heavy atom. The summed E-state index contributed by atoms with van der Waals surface area (Å²) >= 11 is 0. The highest BCUT2D eigenvalue weighted by Crippen LogP contribution is 2.22. The molecule has 0 saturated carbocycles. The second-order valence-corrected chi connectivity index (χ2v) is 5.29. The first-order chi connectivity index (χ1) is 11.7. The van der Waals surface area contributed by atoms with Crippen LogP contribution in [-0.2, 0) is 0 Å². The summed E-state index contributed by atoms with van der Waals surface area (Å²) in [6, 6.07) is 18.0. The number of carbonyl (C=O) groups is 2. The third-order valence-corrected chi connectivity index (χ3v) is 3.81. The maximum absolute atomic E-state index is 12.3. The van der Waals surface area contributed by atoms with Crippen molar-refractivity contribution in [3.63, 3.8) is 0 Å². The van der Waals surface area contributed by atoms with Crippen LogP contribution in [0, 0.1) is 0 Å². The van der Waals surface area contributed by atoms with E-state index in [0.29, 0.717) is 17.0 Å². The van der Waals surface area contributed by atoms with Crippen molar-refractivity contribution >= 4 is 11.8 Å². The number of amides is 2. The second kappa shape index (κ2) is 5.66. The topological polar surface area (TPSA) is 64.4 Å². The molecule has 2 aromatic carbocycles. The number of carbonyl (C=O) groups excluding carboxylic acids is 2. The van der Waals surface area contributed by atoms with Gasteiger partial charge in [0.05, 0.1) is 16.8 Å². The molecule has 0 atom stereocenters. The van der Waals surface area contributed by atoms with Gasteiger partial charge >= 0.3 is 0 Å². The number of rotatable bonds is 4. The van der Waals surface area contributed by atoms with Gasteiger partial charge < -0.3 is 4.74 Å². The summed E-state index contributed by atoms with van der Waals surface area (Å²) in [5.41, 5.74) is 1.70. The Morgan fingerprint density at radius 3 is 2.12 bits per heavy atom. The van der Waals surface area contributed by atoms with E-state index in [2.05, 4.69) is 5.10 Å². The van der Waals surface area contributed by atoms with Crippen LogP contribution in [-0.4, -0.2) is 33.2 Å². The standard InChI is InChI=1S/C18H13N3O3/c22-17-14-8-4-5-9-15(14)18(23)20(17)12-24-16-10-11-21(19-16)13-6-2-1-3-7-13/h1-11H,12H2. The third-order valence-electron chi connectivity index (χ3n) is 3.81. The first kappa shape index (κ1) is 14.2. The number of hydrogen-bond acceptors (Lipinski definition) is 4. The fraction of sp³-hybridized carbons (Fsp3) is 0.0556. The molecule has 1 aliphatic heterocycles. The monoisotopic (exact) mass is 319 g/mol. The highest BCUT2D eigenvalue weighted by atomic mass is 16.5. The van der Waals surface area contributed by atoms with E-state index in [1.165, 1.54) is 0 Å². The maximum atomic E-state index is 12.3. The van der Waals surface area contributed by atoms with Crippen LogP contribution >= 0.6 is 0 Å². The zero-order valence-corrected chi connectivity index (χ0v) is 12.6. The molecule has 0 bridgehead atoms. The molecule has 0 fully saturated rings. The predicted octanol–water partition coefficient (Wildman–Crippen LogP) is 2.50. The summed E-state index contributed by atoms with van der Waals surface area (Å²) in [4.78, 5) is 25.6. The molecule has 1 aliphatic rings. The van der Waals surface area contributed by atoms with Gasteiger partial charge in [-0.3, -0.25) is 9.59 Å². The molecule has 0 radical (unpaired) electrons. The number of para-hydroxylation sites is 1. The highest BCUT2D eigenvalue weighted by molar-refractivity contribution is 6.21. The molecule has 24 heavy (non-hydrogen) atoms. The van der Waals surface area contributed by atoms with Gasteiger partial charge in [0, 0.05) is 12.3 Å². The Morgan fingerprint density at radius 1 is 0.833 bits per heavy atom. The first-order valence-corrected chi connectivity index (χ1v) is 7.43. The van der Waals surface area contributed by atoms with Crippen molar-refractivity contribution in [3.8, 4) is 11.6 Å². The van der Waals surface area contributed by atoms with E-state index in [0.717, 1.165) is 10.6 Å². The average molecular weight is 319 g/mol. The molecule has 6 heteroatoms. The van der Waals surface area contributed by atoms with Gasteiger partial charge in [0.1, 0.15) is 0 Å². The van der Waals surface area contributed by atoms with Gasteiger partial charge in [0.2, 0.25) is 5.88 Å². The SMILES string of the molecule is O=C1c2ccccc2C(=O)N1COc1ccn(-c2ccccc2)n1. The molecule has 2 heterocycles. The number of aromatic nitrogens is 2. The Kier molecular flexibility index (Phi) is 3.35. The van der Waals surface area contributed by atoms with Crippen LogP contribution in [0.3, 0.4) is 0 Å². The number of nitrogens with zero attached hydrogens (tertiary/aromatic N) is 3. The summed E-state index contributed by atoms with van der Waals surface area (Å²) in [5, 5.41) is 4.29. The van der Waals surface area contributed by atoms with Crippen molar-refractivity contribution < 1.29 is 14.3 Å². The van der Waals surface area contributed by atoms with Crippen LogP contribution in [0.4, 0.5) is 0 Å². The molecule has 6 nitrogen and oxygen atoms in total. The fourth-order valence-corrected chi connectivity index (χ4v) is 2.60. The smallest absolute Gasteiger partial charge is 0.264 e. The fourth-order valence-electron chi connectivity index (χ4n) is 2.60. The van der Waals surface area contributed by atoms with Crippen molar-refractivity contribution in [2.75, 3.05) is 6.73 Å². The van der Waals surface area contributed by atoms with Crippen molar-refractivity contribution in [2.45, 2.75) is 0 Å². The predicted molar refractivity (Wildman–Crippen MR) is 86.0 cm³/mol. The lowest BCUT2D eigenvalue weighted by Crippen LogP contribution is -2.33. The van der Waals surface area contributed by atoms with Gasteiger partial charge in [0.25, 0.3) is 11.8 Å². The Hall–Kier alpha value is -3.41. The van der Waals surface area contributed by atoms with Gasteiger partial charge in [-0.1, -0.05) is 30.3 Å². The normalized spacial score (nSPS) is 13.2. The highest BCUT2D eigenvalue weighted by Gasteiger charge is 2.35. The van der Waals surface area contributed by atoms with E-state index >= 15 is 0 Å². The van der Waals surface area contributed by atoms with Crippen LogP contribution in [0.2, 0.25) is 0 Å². The van der Waals surface area contributed by atoms with Crippen LogP contribution in [0.25, 0.3) is 5.69 Å². The molecular weight excluding hydrogens is 306 g/mol. The van der Waals surface area contributed by atoms with Crippen LogP contribution < -0.4 is 4.74 Å². The van der Waals surface area contributed by atoms with E-state index in [1.54, 1.807) is 41.2 Å². The summed E-state index contributed by atoms with van der Waals surface area (Å²) in [6.07, 6.45) is 1.76. The number of hydrogen-bond donors (Lipinski definition) is 0. The number of benzene rings is 2. The van der Waals surface area contributed by atoms with E-state index in [9.17, 15) is 9.59 Å². The zero-order chi connectivity index (χ0) is 16.5. The van der Waals surface area contributed by atoms with Crippen molar-refractivity contribution in [1.82, 2.24) is 14.7 Å². The largest absolute Gasteiger partial charge is 0.455 e. The van der Waals surface area contributed by atoms with Gasteiger partial charge in [-0.15, -0.1) is 5.10 Å². The summed E-state index contributed by atoms with van der Waals surface area (Å²) in [7, 11) is 0. The average Bonchev–Trinajstić information content (AvgIpc) is 3.19. The minimum Gasteiger partial charge on any atom is -0.455 e. The third kappa shape index (κ3) is 2.34. The van der Waals surface area contributed by atoms with Crippen molar-refractivity contribution in [1.29, 1.82) is 0 Å². The van der Waals surface area contributed by atoms with Gasteiger partial charge in [-0.2, -0.15) is 0 Å². The lowest BCUT2D eigenvalue weighted by atomic mass is 10.1. The molecule has 1 aromatic heterocycles. The molecule has 4 rings (SSSR count). The van der Waals surface area contributed by atoms with Gasteiger partial charge in [-0.05, 0) is 24.3 Å². The first-order valence-electron chi connectivity index (χ1n) is 7.43. The maximum Gasteiger partial charge on any atom is 0.264 e. The van der Waals surface area contributed by atoms with Crippen LogP contribution in [0.5, 0.6) is 5.88 Å². The van der Waals surface area contributed by atoms with E-state index in [4.69, 9.17) is 4.74 Å². The minimum atomic E-state index is -0.349. The summed E-state index contributed by atoms with van der Waals surface area (Å²) in [6.45, 7) is -0.169. The van der Waals surface area contributed by atoms with Crippen LogP contribution in [0.1, 0.15) is 20.7 Å². The Labute approximate surface area is 137 Å². The molecule has 0 unspecified atom stereocenters. The van der Waals surface area contributed by atoms with Crippen LogP contribution in [0.15, 0.2) is 66.9 Å².